The number of hydrogen-bond donors (Lipinski definition) is 2. The number of rotatable bonds is 5. The van der Waals surface area contributed by atoms with Gasteiger partial charge in [-0.2, -0.15) is 0 Å². The van der Waals surface area contributed by atoms with Crippen molar-refractivity contribution in [2.45, 2.75) is 44.3 Å². The van der Waals surface area contributed by atoms with Crippen molar-refractivity contribution in [3.8, 4) is 0 Å². The molecule has 0 spiro atoms. The molecule has 1 saturated heterocycles. The van der Waals surface area contributed by atoms with Crippen LogP contribution in [0.3, 0.4) is 0 Å². The smallest absolute Gasteiger partial charge is 0.255 e. The van der Waals surface area contributed by atoms with E-state index in [1.54, 1.807) is 4.90 Å². The van der Waals surface area contributed by atoms with E-state index in [0.29, 0.717) is 31.0 Å². The molecule has 7 nitrogen and oxygen atoms in total. The van der Waals surface area contributed by atoms with Gasteiger partial charge in [0.15, 0.2) is 0 Å². The fourth-order valence-electron chi connectivity index (χ4n) is 5.13. The average Bonchev–Trinajstić information content (AvgIpc) is 3.26. The molecule has 0 aliphatic carbocycles. The monoisotopic (exact) mass is 418 g/mol. The van der Waals surface area contributed by atoms with Crippen molar-refractivity contribution in [1.82, 2.24) is 10.2 Å². The van der Waals surface area contributed by atoms with Crippen LogP contribution in [0.1, 0.15) is 52.2 Å². The molecule has 160 valence electrons. The van der Waals surface area contributed by atoms with Crippen molar-refractivity contribution >= 4 is 23.4 Å². The zero-order valence-corrected chi connectivity index (χ0v) is 17.3. The second-order valence-electron chi connectivity index (χ2n) is 8.61. The molecule has 3 aliphatic heterocycles. The number of nitrogens with two attached hydrogens (primary N) is 1. The molecule has 2 unspecified atom stereocenters. The van der Waals surface area contributed by atoms with Crippen molar-refractivity contribution in [1.29, 1.82) is 0 Å². The van der Waals surface area contributed by atoms with Crippen molar-refractivity contribution < 1.29 is 14.4 Å². The van der Waals surface area contributed by atoms with E-state index in [9.17, 15) is 14.4 Å². The SMILES string of the molecule is NCCC1CN(Cc2ccc3c(c2)CN(C2CCC(=O)NC2=O)C3=O)c2ccccc21. The third-order valence-electron chi connectivity index (χ3n) is 6.63. The first kappa shape index (κ1) is 19.8. The molecule has 7 heteroatoms. The Morgan fingerprint density at radius 3 is 2.74 bits per heavy atom. The van der Waals surface area contributed by atoms with Gasteiger partial charge in [-0.25, -0.2) is 0 Å². The number of amides is 3. The van der Waals surface area contributed by atoms with Crippen molar-refractivity contribution in [3.63, 3.8) is 0 Å². The summed E-state index contributed by atoms with van der Waals surface area (Å²) in [4.78, 5) is 40.6. The molecule has 0 aromatic heterocycles. The molecule has 2 atom stereocenters. The number of carbonyl (C=O) groups is 3. The summed E-state index contributed by atoms with van der Waals surface area (Å²) >= 11 is 0. The zero-order valence-electron chi connectivity index (χ0n) is 17.3. The lowest BCUT2D eigenvalue weighted by molar-refractivity contribution is -0.136. The molecule has 31 heavy (non-hydrogen) atoms. The summed E-state index contributed by atoms with van der Waals surface area (Å²) in [6.07, 6.45) is 1.61. The van der Waals surface area contributed by atoms with E-state index in [2.05, 4.69) is 40.5 Å². The van der Waals surface area contributed by atoms with Crippen molar-refractivity contribution in [2.75, 3.05) is 18.0 Å². The van der Waals surface area contributed by atoms with E-state index >= 15 is 0 Å². The van der Waals surface area contributed by atoms with Crippen LogP contribution in [-0.2, 0) is 22.7 Å². The van der Waals surface area contributed by atoms with E-state index < -0.39 is 6.04 Å². The lowest BCUT2D eigenvalue weighted by Gasteiger charge is -2.29. The summed E-state index contributed by atoms with van der Waals surface area (Å²) in [6.45, 7) is 2.78. The minimum atomic E-state index is -0.580. The van der Waals surface area contributed by atoms with Gasteiger partial charge in [-0.1, -0.05) is 30.3 Å². The quantitative estimate of drug-likeness (QED) is 0.723. The minimum absolute atomic E-state index is 0.134. The number of para-hydroxylation sites is 1. The van der Waals surface area contributed by atoms with Gasteiger partial charge in [0.25, 0.3) is 5.91 Å². The normalized spacial score (nSPS) is 22.5. The van der Waals surface area contributed by atoms with Gasteiger partial charge in [-0.05, 0) is 48.2 Å². The van der Waals surface area contributed by atoms with Crippen LogP contribution in [-0.4, -0.2) is 41.8 Å². The Kier molecular flexibility index (Phi) is 4.98. The topological polar surface area (TPSA) is 95.7 Å². The maximum absolute atomic E-state index is 12.9. The third-order valence-corrected chi connectivity index (χ3v) is 6.63. The standard InChI is InChI=1S/C24H26N4O3/c25-10-9-16-13-27(20-4-2-1-3-18(16)20)12-15-5-6-19-17(11-15)14-28(24(19)31)21-7-8-22(29)26-23(21)30/h1-6,11,16,21H,7-10,12-14,25H2,(H,26,29,30). The summed E-state index contributed by atoms with van der Waals surface area (Å²) < 4.78 is 0. The molecule has 1 fully saturated rings. The van der Waals surface area contributed by atoms with Gasteiger partial charge in [0.05, 0.1) is 0 Å². The highest BCUT2D eigenvalue weighted by Crippen LogP contribution is 2.39. The first-order chi connectivity index (χ1) is 15.0. The number of carbonyl (C=O) groups excluding carboxylic acids is 3. The molecular weight excluding hydrogens is 392 g/mol. The first-order valence-electron chi connectivity index (χ1n) is 10.9. The molecule has 2 aromatic rings. The molecule has 0 bridgehead atoms. The average molecular weight is 418 g/mol. The van der Waals surface area contributed by atoms with Gasteiger partial charge in [-0.15, -0.1) is 0 Å². The zero-order chi connectivity index (χ0) is 21.5. The second-order valence-corrected chi connectivity index (χ2v) is 8.61. The minimum Gasteiger partial charge on any atom is -0.366 e. The highest BCUT2D eigenvalue weighted by molar-refractivity contribution is 6.05. The highest BCUT2D eigenvalue weighted by Gasteiger charge is 2.39. The largest absolute Gasteiger partial charge is 0.366 e. The number of anilines is 1. The van der Waals surface area contributed by atoms with Crippen LogP contribution in [0.25, 0.3) is 0 Å². The number of nitrogens with zero attached hydrogens (tertiary/aromatic N) is 2. The number of fused-ring (bicyclic) bond motifs is 2. The Balaban J connectivity index is 1.34. The van der Waals surface area contributed by atoms with Crippen LogP contribution in [0.15, 0.2) is 42.5 Å². The van der Waals surface area contributed by atoms with Crippen LogP contribution >= 0.6 is 0 Å². The van der Waals surface area contributed by atoms with Crippen LogP contribution < -0.4 is 16.0 Å². The lowest BCUT2D eigenvalue weighted by Crippen LogP contribution is -2.52. The summed E-state index contributed by atoms with van der Waals surface area (Å²) in [5.74, 6) is -0.338. The predicted octanol–water partition coefficient (Wildman–Crippen LogP) is 1.90. The second kappa shape index (κ2) is 7.81. The molecule has 3 N–H and O–H groups in total. The van der Waals surface area contributed by atoms with Crippen molar-refractivity contribution in [2.24, 2.45) is 5.73 Å². The van der Waals surface area contributed by atoms with Gasteiger partial charge in [0.1, 0.15) is 6.04 Å². The van der Waals surface area contributed by atoms with E-state index in [4.69, 9.17) is 5.73 Å². The summed E-state index contributed by atoms with van der Waals surface area (Å²) in [7, 11) is 0. The molecule has 2 aromatic carbocycles. The van der Waals surface area contributed by atoms with Gasteiger partial charge in [0.2, 0.25) is 11.8 Å². The van der Waals surface area contributed by atoms with Gasteiger partial charge in [-0.3, -0.25) is 19.7 Å². The summed E-state index contributed by atoms with van der Waals surface area (Å²) in [6, 6.07) is 13.9. The Labute approximate surface area is 181 Å². The fraction of sp³-hybridized carbons (Fsp3) is 0.375. The Bertz CT molecular complexity index is 1070. The molecular formula is C24H26N4O3. The predicted molar refractivity (Wildman–Crippen MR) is 116 cm³/mol. The summed E-state index contributed by atoms with van der Waals surface area (Å²) in [5, 5.41) is 2.35. The van der Waals surface area contributed by atoms with E-state index in [0.717, 1.165) is 30.6 Å². The van der Waals surface area contributed by atoms with E-state index in [-0.39, 0.29) is 24.1 Å². The van der Waals surface area contributed by atoms with Gasteiger partial charge >= 0.3 is 0 Å². The van der Waals surface area contributed by atoms with E-state index in [1.165, 1.54) is 11.3 Å². The highest BCUT2D eigenvalue weighted by atomic mass is 16.2. The number of piperidine rings is 1. The summed E-state index contributed by atoms with van der Waals surface area (Å²) in [5.41, 5.74) is 11.2. The number of imide groups is 1. The van der Waals surface area contributed by atoms with E-state index in [1.807, 2.05) is 12.1 Å². The van der Waals surface area contributed by atoms with Gasteiger partial charge < -0.3 is 15.5 Å². The van der Waals surface area contributed by atoms with Gasteiger partial charge in [0, 0.05) is 43.2 Å². The number of benzene rings is 2. The maximum atomic E-state index is 12.9. The van der Waals surface area contributed by atoms with Crippen LogP contribution in [0.5, 0.6) is 0 Å². The Hall–Kier alpha value is -3.19. The molecule has 3 aliphatic rings. The molecule has 0 saturated carbocycles. The van der Waals surface area contributed by atoms with Crippen LogP contribution in [0.4, 0.5) is 5.69 Å². The molecule has 5 rings (SSSR count). The molecule has 3 heterocycles. The Morgan fingerprint density at radius 1 is 1.10 bits per heavy atom. The lowest BCUT2D eigenvalue weighted by atomic mass is 9.98. The molecule has 0 radical (unpaired) electrons. The van der Waals surface area contributed by atoms with Crippen LogP contribution in [0, 0.1) is 0 Å². The number of hydrogen-bond acceptors (Lipinski definition) is 5. The first-order valence-corrected chi connectivity index (χ1v) is 10.9. The maximum Gasteiger partial charge on any atom is 0.255 e. The Morgan fingerprint density at radius 2 is 1.94 bits per heavy atom. The van der Waals surface area contributed by atoms with Crippen molar-refractivity contribution in [3.05, 3.63) is 64.7 Å². The fourth-order valence-corrected chi connectivity index (χ4v) is 5.13. The molecule has 3 amide bonds. The van der Waals surface area contributed by atoms with Crippen LogP contribution in [0.2, 0.25) is 0 Å². The third kappa shape index (κ3) is 3.49. The number of nitrogens with one attached hydrogen (secondary N) is 1.